The van der Waals surface area contributed by atoms with Crippen molar-refractivity contribution in [3.8, 4) is 0 Å². The van der Waals surface area contributed by atoms with E-state index in [0.29, 0.717) is 16.0 Å². The third-order valence-electron chi connectivity index (χ3n) is 4.63. The summed E-state index contributed by atoms with van der Waals surface area (Å²) < 4.78 is 2.55. The molecular weight excluding hydrogens is 386 g/mol. The SMILES string of the molecule is C=CCn1c(=NC(=O)Cc2cccc3ccccc23)sc2cc([N+](=O)[O-])ccc21. The quantitative estimate of drug-likeness (QED) is 0.277. The maximum atomic E-state index is 12.7. The fraction of sp³-hybridized carbons (Fsp3) is 0.0909. The molecule has 0 radical (unpaired) electrons. The predicted molar refractivity (Wildman–Crippen MR) is 115 cm³/mol. The number of fused-ring (bicyclic) bond motifs is 2. The fourth-order valence-electron chi connectivity index (χ4n) is 3.32. The van der Waals surface area contributed by atoms with Gasteiger partial charge in [0.1, 0.15) is 0 Å². The summed E-state index contributed by atoms with van der Waals surface area (Å²) in [6.45, 7) is 4.22. The van der Waals surface area contributed by atoms with Crippen molar-refractivity contribution < 1.29 is 9.72 Å². The first-order valence-electron chi connectivity index (χ1n) is 8.99. The molecule has 6 nitrogen and oxygen atoms in total. The van der Waals surface area contributed by atoms with Gasteiger partial charge in [-0.2, -0.15) is 4.99 Å². The Kier molecular flexibility index (Phi) is 5.05. The van der Waals surface area contributed by atoms with Crippen LogP contribution in [-0.4, -0.2) is 15.4 Å². The first-order chi connectivity index (χ1) is 14.1. The number of nitro groups is 1. The number of aromatic nitrogens is 1. The van der Waals surface area contributed by atoms with Crippen molar-refractivity contribution in [3.63, 3.8) is 0 Å². The number of hydrogen-bond acceptors (Lipinski definition) is 4. The van der Waals surface area contributed by atoms with Gasteiger partial charge in [0.05, 0.1) is 21.6 Å². The number of carbonyl (C=O) groups is 1. The van der Waals surface area contributed by atoms with E-state index in [0.717, 1.165) is 21.9 Å². The zero-order valence-corrected chi connectivity index (χ0v) is 16.3. The van der Waals surface area contributed by atoms with Gasteiger partial charge in [-0.15, -0.1) is 6.58 Å². The number of nitrogens with zero attached hydrogens (tertiary/aromatic N) is 3. The first-order valence-corrected chi connectivity index (χ1v) is 9.81. The molecule has 29 heavy (non-hydrogen) atoms. The Balaban J connectivity index is 1.76. The number of allylic oxidation sites excluding steroid dienone is 1. The normalized spacial score (nSPS) is 11.8. The van der Waals surface area contributed by atoms with Crippen LogP contribution in [0.2, 0.25) is 0 Å². The van der Waals surface area contributed by atoms with Crippen LogP contribution in [0, 0.1) is 10.1 Å². The molecule has 0 aliphatic heterocycles. The number of nitro benzene ring substituents is 1. The fourth-order valence-corrected chi connectivity index (χ4v) is 4.41. The van der Waals surface area contributed by atoms with E-state index < -0.39 is 4.92 Å². The molecule has 4 rings (SSSR count). The Morgan fingerprint density at radius 3 is 2.76 bits per heavy atom. The maximum Gasteiger partial charge on any atom is 0.270 e. The molecule has 0 atom stereocenters. The maximum absolute atomic E-state index is 12.7. The van der Waals surface area contributed by atoms with Crippen LogP contribution in [0.15, 0.2) is 78.3 Å². The topological polar surface area (TPSA) is 77.5 Å². The molecule has 0 aliphatic carbocycles. The van der Waals surface area contributed by atoms with Crippen molar-refractivity contribution in [2.75, 3.05) is 0 Å². The van der Waals surface area contributed by atoms with Crippen LogP contribution in [0.25, 0.3) is 21.0 Å². The van der Waals surface area contributed by atoms with Gasteiger partial charge < -0.3 is 4.57 Å². The van der Waals surface area contributed by atoms with Gasteiger partial charge in [-0.25, -0.2) is 0 Å². The van der Waals surface area contributed by atoms with Gasteiger partial charge in [0.15, 0.2) is 4.80 Å². The standard InChI is InChI=1S/C22H17N3O3S/c1-2-12-24-19-11-10-17(25(27)28)14-20(19)29-22(24)23-21(26)13-16-8-5-7-15-6-3-4-9-18(15)16/h2-11,14H,1,12-13H2. The van der Waals surface area contributed by atoms with E-state index in [1.54, 1.807) is 12.1 Å². The lowest BCUT2D eigenvalue weighted by atomic mass is 10.0. The Morgan fingerprint density at radius 2 is 1.97 bits per heavy atom. The van der Waals surface area contributed by atoms with Gasteiger partial charge >= 0.3 is 0 Å². The van der Waals surface area contributed by atoms with Crippen LogP contribution in [0.5, 0.6) is 0 Å². The third kappa shape index (κ3) is 3.72. The van der Waals surface area contributed by atoms with E-state index in [9.17, 15) is 14.9 Å². The lowest BCUT2D eigenvalue weighted by molar-refractivity contribution is -0.384. The van der Waals surface area contributed by atoms with Crippen molar-refractivity contribution >= 4 is 43.9 Å². The van der Waals surface area contributed by atoms with E-state index in [4.69, 9.17) is 0 Å². The second kappa shape index (κ2) is 7.81. The second-order valence-corrected chi connectivity index (χ2v) is 7.52. The minimum absolute atomic E-state index is 0.0122. The van der Waals surface area contributed by atoms with Crippen LogP contribution < -0.4 is 4.80 Å². The van der Waals surface area contributed by atoms with E-state index in [2.05, 4.69) is 11.6 Å². The van der Waals surface area contributed by atoms with Gasteiger partial charge in [0.2, 0.25) is 0 Å². The van der Waals surface area contributed by atoms with Crippen molar-refractivity contribution in [2.45, 2.75) is 13.0 Å². The van der Waals surface area contributed by atoms with Crippen molar-refractivity contribution in [2.24, 2.45) is 4.99 Å². The van der Waals surface area contributed by atoms with Gasteiger partial charge in [-0.1, -0.05) is 59.9 Å². The summed E-state index contributed by atoms with van der Waals surface area (Å²) in [5.41, 5.74) is 1.72. The largest absolute Gasteiger partial charge is 0.312 e. The Bertz CT molecular complexity index is 1330. The predicted octanol–water partition coefficient (Wildman–Crippen LogP) is 4.62. The zero-order chi connectivity index (χ0) is 20.4. The Morgan fingerprint density at radius 1 is 1.17 bits per heavy atom. The highest BCUT2D eigenvalue weighted by molar-refractivity contribution is 7.16. The van der Waals surface area contributed by atoms with Crippen molar-refractivity contribution in [1.82, 2.24) is 4.57 Å². The first kappa shape index (κ1) is 18.8. The zero-order valence-electron chi connectivity index (χ0n) is 15.4. The van der Waals surface area contributed by atoms with E-state index in [1.165, 1.54) is 23.5 Å². The van der Waals surface area contributed by atoms with Crippen molar-refractivity contribution in [3.05, 3.63) is 93.8 Å². The molecule has 0 spiro atoms. The lowest BCUT2D eigenvalue weighted by Crippen LogP contribution is -2.17. The molecule has 1 amide bonds. The molecule has 0 fully saturated rings. The number of rotatable bonds is 5. The van der Waals surface area contributed by atoms with Crippen LogP contribution in [0.1, 0.15) is 5.56 Å². The highest BCUT2D eigenvalue weighted by Crippen LogP contribution is 2.23. The monoisotopic (exact) mass is 403 g/mol. The van der Waals surface area contributed by atoms with E-state index in [1.807, 2.05) is 47.0 Å². The summed E-state index contributed by atoms with van der Waals surface area (Å²) in [6, 6.07) is 18.4. The Labute approximate surface area is 170 Å². The molecule has 0 N–H and O–H groups in total. The summed E-state index contributed by atoms with van der Waals surface area (Å²) in [4.78, 5) is 28.2. The molecular formula is C22H17N3O3S. The number of non-ortho nitro benzene ring substituents is 1. The van der Waals surface area contributed by atoms with Crippen LogP contribution >= 0.6 is 11.3 Å². The molecule has 0 saturated heterocycles. The van der Waals surface area contributed by atoms with Gasteiger partial charge in [-0.05, 0) is 22.4 Å². The van der Waals surface area contributed by atoms with E-state index >= 15 is 0 Å². The molecule has 3 aromatic carbocycles. The molecule has 1 heterocycles. The van der Waals surface area contributed by atoms with Crippen LogP contribution in [0.3, 0.4) is 0 Å². The molecule has 0 aliphatic rings. The van der Waals surface area contributed by atoms with E-state index in [-0.39, 0.29) is 18.0 Å². The molecule has 0 saturated carbocycles. The Hall–Kier alpha value is -3.58. The third-order valence-corrected chi connectivity index (χ3v) is 5.67. The molecule has 1 aromatic heterocycles. The van der Waals surface area contributed by atoms with Crippen LogP contribution in [0.4, 0.5) is 5.69 Å². The summed E-state index contributed by atoms with van der Waals surface area (Å²) in [7, 11) is 0. The minimum atomic E-state index is -0.431. The molecule has 4 aromatic rings. The van der Waals surface area contributed by atoms with Gasteiger partial charge in [0, 0.05) is 18.7 Å². The number of amides is 1. The highest BCUT2D eigenvalue weighted by atomic mass is 32.1. The lowest BCUT2D eigenvalue weighted by Gasteiger charge is -2.04. The van der Waals surface area contributed by atoms with Gasteiger partial charge in [-0.3, -0.25) is 14.9 Å². The number of carbonyl (C=O) groups excluding carboxylic acids is 1. The highest BCUT2D eigenvalue weighted by Gasteiger charge is 2.13. The summed E-state index contributed by atoms with van der Waals surface area (Å²) in [5.74, 6) is -0.264. The summed E-state index contributed by atoms with van der Waals surface area (Å²) in [5, 5.41) is 13.2. The molecule has 0 unspecified atom stereocenters. The second-order valence-electron chi connectivity index (χ2n) is 6.51. The van der Waals surface area contributed by atoms with Crippen LogP contribution in [-0.2, 0) is 17.8 Å². The molecule has 7 heteroatoms. The average Bonchev–Trinajstić information content (AvgIpc) is 3.04. The molecule has 144 valence electrons. The number of hydrogen-bond donors (Lipinski definition) is 0. The number of benzene rings is 3. The smallest absolute Gasteiger partial charge is 0.270 e. The van der Waals surface area contributed by atoms with Crippen molar-refractivity contribution in [1.29, 1.82) is 0 Å². The summed E-state index contributed by atoms with van der Waals surface area (Å²) >= 11 is 1.26. The average molecular weight is 403 g/mol. The van der Waals surface area contributed by atoms with Gasteiger partial charge in [0.25, 0.3) is 11.6 Å². The molecule has 0 bridgehead atoms. The number of thiazole rings is 1. The summed E-state index contributed by atoms with van der Waals surface area (Å²) in [6.07, 6.45) is 1.89. The minimum Gasteiger partial charge on any atom is -0.312 e.